The SMILES string of the molecule is O=C1CCCN1CCOc1ccccc1C(=O)N1CCOCC(Cc2cccc3ccncc23)C1. The van der Waals surface area contributed by atoms with E-state index in [1.807, 2.05) is 52.5 Å². The van der Waals surface area contributed by atoms with Crippen molar-refractivity contribution in [2.45, 2.75) is 19.3 Å². The molecule has 182 valence electrons. The van der Waals surface area contributed by atoms with Crippen molar-refractivity contribution in [2.75, 3.05) is 46.0 Å². The topological polar surface area (TPSA) is 72.0 Å². The van der Waals surface area contributed by atoms with Crippen LogP contribution in [0.25, 0.3) is 10.8 Å². The zero-order valence-electron chi connectivity index (χ0n) is 19.9. The lowest BCUT2D eigenvalue weighted by molar-refractivity contribution is -0.128. The van der Waals surface area contributed by atoms with E-state index in [2.05, 4.69) is 23.2 Å². The van der Waals surface area contributed by atoms with Crippen LogP contribution in [-0.4, -0.2) is 72.6 Å². The Balaban J connectivity index is 1.27. The van der Waals surface area contributed by atoms with E-state index < -0.39 is 0 Å². The largest absolute Gasteiger partial charge is 0.491 e. The van der Waals surface area contributed by atoms with E-state index >= 15 is 0 Å². The average Bonchev–Trinajstić information content (AvgIpc) is 3.15. The molecule has 5 rings (SSSR count). The molecule has 2 fully saturated rings. The Labute approximate surface area is 205 Å². The summed E-state index contributed by atoms with van der Waals surface area (Å²) in [7, 11) is 0. The van der Waals surface area contributed by atoms with Gasteiger partial charge >= 0.3 is 0 Å². The maximum atomic E-state index is 13.6. The molecule has 0 bridgehead atoms. The van der Waals surface area contributed by atoms with Crippen LogP contribution in [0.4, 0.5) is 0 Å². The molecular weight excluding hydrogens is 442 g/mol. The second-order valence-electron chi connectivity index (χ2n) is 9.24. The van der Waals surface area contributed by atoms with Crippen LogP contribution in [0.1, 0.15) is 28.8 Å². The number of pyridine rings is 1. The zero-order chi connectivity index (χ0) is 24.0. The fraction of sp³-hybridized carbons (Fsp3) is 0.393. The number of benzene rings is 2. The van der Waals surface area contributed by atoms with Gasteiger partial charge in [0.15, 0.2) is 0 Å². The summed E-state index contributed by atoms with van der Waals surface area (Å²) in [4.78, 5) is 33.4. The number of amides is 2. The summed E-state index contributed by atoms with van der Waals surface area (Å²) in [5.74, 6) is 0.871. The highest BCUT2D eigenvalue weighted by Gasteiger charge is 2.26. The molecule has 0 N–H and O–H groups in total. The number of carbonyl (C=O) groups excluding carboxylic acids is 2. The first-order valence-corrected chi connectivity index (χ1v) is 12.4. The monoisotopic (exact) mass is 473 g/mol. The number of aromatic nitrogens is 1. The van der Waals surface area contributed by atoms with Gasteiger partial charge < -0.3 is 19.3 Å². The second-order valence-corrected chi connectivity index (χ2v) is 9.24. The van der Waals surface area contributed by atoms with Gasteiger partial charge in [0, 0.05) is 49.8 Å². The molecule has 2 aliphatic heterocycles. The van der Waals surface area contributed by atoms with Crippen molar-refractivity contribution in [1.82, 2.24) is 14.8 Å². The number of hydrogen-bond acceptors (Lipinski definition) is 5. The molecule has 0 spiro atoms. The molecule has 1 atom stereocenters. The highest BCUT2D eigenvalue weighted by Crippen LogP contribution is 2.25. The number of nitrogens with zero attached hydrogens (tertiary/aromatic N) is 3. The lowest BCUT2D eigenvalue weighted by Gasteiger charge is -2.25. The Morgan fingerprint density at radius 1 is 1.11 bits per heavy atom. The van der Waals surface area contributed by atoms with Crippen LogP contribution in [0.5, 0.6) is 5.75 Å². The summed E-state index contributed by atoms with van der Waals surface area (Å²) in [5, 5.41) is 2.31. The highest BCUT2D eigenvalue weighted by atomic mass is 16.5. The van der Waals surface area contributed by atoms with E-state index in [0.29, 0.717) is 57.2 Å². The van der Waals surface area contributed by atoms with Crippen LogP contribution in [0.2, 0.25) is 0 Å². The van der Waals surface area contributed by atoms with E-state index in [4.69, 9.17) is 9.47 Å². The molecule has 0 aliphatic carbocycles. The third-order valence-electron chi connectivity index (χ3n) is 6.82. The molecule has 3 heterocycles. The highest BCUT2D eigenvalue weighted by molar-refractivity contribution is 5.97. The molecule has 35 heavy (non-hydrogen) atoms. The third-order valence-corrected chi connectivity index (χ3v) is 6.82. The van der Waals surface area contributed by atoms with Crippen molar-refractivity contribution >= 4 is 22.6 Å². The summed E-state index contributed by atoms with van der Waals surface area (Å²) in [5.41, 5.74) is 1.77. The molecule has 0 saturated carbocycles. The van der Waals surface area contributed by atoms with Gasteiger partial charge in [0.1, 0.15) is 12.4 Å². The fourth-order valence-corrected chi connectivity index (χ4v) is 5.00. The van der Waals surface area contributed by atoms with Crippen molar-refractivity contribution in [3.05, 3.63) is 72.1 Å². The summed E-state index contributed by atoms with van der Waals surface area (Å²) in [6.07, 6.45) is 6.05. The van der Waals surface area contributed by atoms with Crippen LogP contribution in [0.15, 0.2) is 60.9 Å². The van der Waals surface area contributed by atoms with Gasteiger partial charge in [-0.25, -0.2) is 0 Å². The van der Waals surface area contributed by atoms with Crippen molar-refractivity contribution in [1.29, 1.82) is 0 Å². The number of hydrogen-bond donors (Lipinski definition) is 0. The molecule has 1 aromatic heterocycles. The molecule has 2 amide bonds. The fourth-order valence-electron chi connectivity index (χ4n) is 5.00. The van der Waals surface area contributed by atoms with Crippen LogP contribution in [0, 0.1) is 5.92 Å². The molecule has 2 aromatic carbocycles. The Bertz CT molecular complexity index is 1190. The van der Waals surface area contributed by atoms with E-state index in [-0.39, 0.29) is 17.7 Å². The van der Waals surface area contributed by atoms with E-state index in [9.17, 15) is 9.59 Å². The number of rotatable bonds is 7. The van der Waals surface area contributed by atoms with Gasteiger partial charge in [0.05, 0.1) is 25.3 Å². The number of likely N-dealkylation sites (tertiary alicyclic amines) is 1. The average molecular weight is 474 g/mol. The second kappa shape index (κ2) is 10.9. The third kappa shape index (κ3) is 5.46. The van der Waals surface area contributed by atoms with E-state index in [0.717, 1.165) is 24.8 Å². The van der Waals surface area contributed by atoms with Crippen molar-refractivity contribution in [3.8, 4) is 5.75 Å². The van der Waals surface area contributed by atoms with Crippen LogP contribution < -0.4 is 4.74 Å². The quantitative estimate of drug-likeness (QED) is 0.525. The predicted octanol–water partition coefficient (Wildman–Crippen LogP) is 3.57. The van der Waals surface area contributed by atoms with Gasteiger partial charge in [0.2, 0.25) is 5.91 Å². The molecular formula is C28H31N3O4. The van der Waals surface area contributed by atoms with Gasteiger partial charge in [-0.15, -0.1) is 0 Å². The Morgan fingerprint density at radius 2 is 2.03 bits per heavy atom. The van der Waals surface area contributed by atoms with Crippen molar-refractivity contribution in [3.63, 3.8) is 0 Å². The van der Waals surface area contributed by atoms with Crippen LogP contribution in [-0.2, 0) is 16.0 Å². The van der Waals surface area contributed by atoms with Gasteiger partial charge in [-0.3, -0.25) is 14.6 Å². The molecule has 2 saturated heterocycles. The summed E-state index contributed by atoms with van der Waals surface area (Å²) >= 11 is 0. The normalized spacial score (nSPS) is 18.6. The van der Waals surface area contributed by atoms with E-state index in [1.54, 1.807) is 0 Å². The van der Waals surface area contributed by atoms with Gasteiger partial charge in [-0.2, -0.15) is 0 Å². The van der Waals surface area contributed by atoms with E-state index in [1.165, 1.54) is 10.9 Å². The molecule has 3 aromatic rings. The maximum absolute atomic E-state index is 13.6. The van der Waals surface area contributed by atoms with Gasteiger partial charge in [0.25, 0.3) is 5.91 Å². The Kier molecular flexibility index (Phi) is 7.23. The zero-order valence-corrected chi connectivity index (χ0v) is 19.9. The standard InChI is InChI=1S/C28H31N3O4/c32-27-9-4-12-30(27)14-16-35-26-8-2-1-7-24(26)28(33)31-13-15-34-20-21(19-31)17-23-6-3-5-22-10-11-29-18-25(22)23/h1-3,5-8,10-11,18,21H,4,9,12-17,19-20H2. The minimum atomic E-state index is -0.0482. The van der Waals surface area contributed by atoms with Crippen LogP contribution in [0.3, 0.4) is 0 Å². The summed E-state index contributed by atoms with van der Waals surface area (Å²) in [6.45, 7) is 3.99. The molecule has 1 unspecified atom stereocenters. The van der Waals surface area contributed by atoms with Crippen LogP contribution >= 0.6 is 0 Å². The molecule has 7 nitrogen and oxygen atoms in total. The minimum absolute atomic E-state index is 0.0482. The Hall–Kier alpha value is -3.45. The number of carbonyl (C=O) groups is 2. The Morgan fingerprint density at radius 3 is 2.91 bits per heavy atom. The number of para-hydroxylation sites is 1. The smallest absolute Gasteiger partial charge is 0.257 e. The molecule has 7 heteroatoms. The molecule has 2 aliphatic rings. The molecule has 0 radical (unpaired) electrons. The lowest BCUT2D eigenvalue weighted by atomic mass is 9.95. The van der Waals surface area contributed by atoms with Gasteiger partial charge in [-0.05, 0) is 42.0 Å². The first kappa shape index (κ1) is 23.3. The van der Waals surface area contributed by atoms with Crippen molar-refractivity contribution < 1.29 is 19.1 Å². The number of ether oxygens (including phenoxy) is 2. The first-order valence-electron chi connectivity index (χ1n) is 12.4. The van der Waals surface area contributed by atoms with Crippen molar-refractivity contribution in [2.24, 2.45) is 5.92 Å². The number of fused-ring (bicyclic) bond motifs is 1. The maximum Gasteiger partial charge on any atom is 0.257 e. The lowest BCUT2D eigenvalue weighted by Crippen LogP contribution is -2.36. The minimum Gasteiger partial charge on any atom is -0.491 e. The first-order chi connectivity index (χ1) is 17.2. The van der Waals surface area contributed by atoms with Gasteiger partial charge in [-0.1, -0.05) is 30.3 Å². The summed E-state index contributed by atoms with van der Waals surface area (Å²) in [6, 6.07) is 15.7. The summed E-state index contributed by atoms with van der Waals surface area (Å²) < 4.78 is 11.9. The predicted molar refractivity (Wildman–Crippen MR) is 133 cm³/mol.